The fourth-order valence-electron chi connectivity index (χ4n) is 6.68. The average Bonchev–Trinajstić information content (AvgIpc) is 3.21. The monoisotopic (exact) mass is 637 g/mol. The van der Waals surface area contributed by atoms with Crippen LogP contribution in [0, 0.1) is 0 Å². The summed E-state index contributed by atoms with van der Waals surface area (Å²) in [6, 6.07) is 63.8. The Kier molecular flexibility index (Phi) is 7.49. The zero-order chi connectivity index (χ0) is 33.3. The second-order valence-corrected chi connectivity index (χ2v) is 12.5. The molecule has 234 valence electrons. The van der Waals surface area contributed by atoms with Crippen molar-refractivity contribution >= 4 is 21.7 Å². The number of fused-ring (bicyclic) bond motifs is 2. The number of para-hydroxylation sites is 1. The molecule has 3 nitrogen and oxygen atoms in total. The fraction of sp³-hybridized carbons (Fsp3) is 0. The highest BCUT2D eigenvalue weighted by molar-refractivity contribution is 5.99. The maximum atomic E-state index is 5.01. The molecule has 0 bridgehead atoms. The molecular formula is C47H31N3. The van der Waals surface area contributed by atoms with Gasteiger partial charge in [0.2, 0.25) is 0 Å². The van der Waals surface area contributed by atoms with E-state index in [-0.39, 0.29) is 0 Å². The topological polar surface area (TPSA) is 38.7 Å². The number of hydrogen-bond donors (Lipinski definition) is 0. The van der Waals surface area contributed by atoms with Gasteiger partial charge in [-0.15, -0.1) is 0 Å². The van der Waals surface area contributed by atoms with E-state index in [0.29, 0.717) is 0 Å². The van der Waals surface area contributed by atoms with Gasteiger partial charge in [0.25, 0.3) is 0 Å². The van der Waals surface area contributed by atoms with Crippen molar-refractivity contribution in [1.82, 2.24) is 15.0 Å². The molecular weight excluding hydrogens is 607 g/mol. The second kappa shape index (κ2) is 12.7. The van der Waals surface area contributed by atoms with Gasteiger partial charge in [0.05, 0.1) is 16.9 Å². The number of hydrogen-bond acceptors (Lipinski definition) is 3. The summed E-state index contributed by atoms with van der Waals surface area (Å²) < 4.78 is 0. The molecule has 2 heterocycles. The molecule has 2 aromatic heterocycles. The van der Waals surface area contributed by atoms with Gasteiger partial charge in [0.1, 0.15) is 0 Å². The van der Waals surface area contributed by atoms with E-state index in [0.717, 1.165) is 61.5 Å². The van der Waals surface area contributed by atoms with Crippen LogP contribution >= 0.6 is 0 Å². The Bertz CT molecular complexity index is 2550. The minimum Gasteiger partial charge on any atom is -0.256 e. The molecule has 0 N–H and O–H groups in total. The Labute approximate surface area is 291 Å². The van der Waals surface area contributed by atoms with E-state index in [1.807, 2.05) is 54.7 Å². The number of rotatable bonds is 6. The minimum atomic E-state index is 0.718. The molecule has 0 unspecified atom stereocenters. The molecule has 0 radical (unpaired) electrons. The zero-order valence-corrected chi connectivity index (χ0v) is 27.2. The van der Waals surface area contributed by atoms with Crippen molar-refractivity contribution in [3.8, 4) is 67.3 Å². The smallest absolute Gasteiger partial charge is 0.160 e. The van der Waals surface area contributed by atoms with Crippen molar-refractivity contribution < 1.29 is 0 Å². The molecule has 0 fully saturated rings. The van der Waals surface area contributed by atoms with Gasteiger partial charge >= 0.3 is 0 Å². The molecule has 0 aliphatic rings. The van der Waals surface area contributed by atoms with Crippen molar-refractivity contribution in [2.24, 2.45) is 0 Å². The van der Waals surface area contributed by atoms with E-state index < -0.39 is 0 Å². The molecule has 50 heavy (non-hydrogen) atoms. The standard InChI is InChI=1S/C47H31N3/c1-3-10-36(11-4-1)45-30-46(50-47(49-45)38-12-5-2-6-13-38)37-25-20-32(21-26-37)39-27-24-34-15-9-16-42(43(34)29-39)35-22-18-33(19-23-35)41-28-40-14-7-8-17-44(40)48-31-41/h1-31H. The second-order valence-electron chi connectivity index (χ2n) is 12.5. The summed E-state index contributed by atoms with van der Waals surface area (Å²) in [5.74, 6) is 0.718. The first-order valence-electron chi connectivity index (χ1n) is 16.8. The van der Waals surface area contributed by atoms with Crippen LogP contribution in [-0.4, -0.2) is 15.0 Å². The highest BCUT2D eigenvalue weighted by Gasteiger charge is 2.12. The van der Waals surface area contributed by atoms with Crippen LogP contribution in [-0.2, 0) is 0 Å². The Hall–Kier alpha value is -6.71. The summed E-state index contributed by atoms with van der Waals surface area (Å²) in [5, 5.41) is 3.59. The van der Waals surface area contributed by atoms with Crippen LogP contribution in [0.4, 0.5) is 0 Å². The van der Waals surface area contributed by atoms with Gasteiger partial charge in [-0.25, -0.2) is 9.97 Å². The molecule has 0 aliphatic heterocycles. The highest BCUT2D eigenvalue weighted by atomic mass is 14.9. The van der Waals surface area contributed by atoms with E-state index in [1.165, 1.54) is 27.5 Å². The van der Waals surface area contributed by atoms with Gasteiger partial charge in [0, 0.05) is 33.8 Å². The lowest BCUT2D eigenvalue weighted by atomic mass is 9.93. The lowest BCUT2D eigenvalue weighted by Crippen LogP contribution is -1.95. The van der Waals surface area contributed by atoms with E-state index in [9.17, 15) is 0 Å². The lowest BCUT2D eigenvalue weighted by Gasteiger charge is -2.12. The summed E-state index contributed by atoms with van der Waals surface area (Å²) in [7, 11) is 0. The van der Waals surface area contributed by atoms with Gasteiger partial charge < -0.3 is 0 Å². The first kappa shape index (κ1) is 29.4. The normalized spacial score (nSPS) is 11.2. The third-order valence-electron chi connectivity index (χ3n) is 9.34. The summed E-state index contributed by atoms with van der Waals surface area (Å²) in [5.41, 5.74) is 12.9. The number of benzene rings is 7. The number of nitrogens with zero attached hydrogens (tertiary/aromatic N) is 3. The maximum absolute atomic E-state index is 5.01. The number of aromatic nitrogens is 3. The first-order chi connectivity index (χ1) is 24.7. The first-order valence-corrected chi connectivity index (χ1v) is 16.8. The maximum Gasteiger partial charge on any atom is 0.160 e. The van der Waals surface area contributed by atoms with Crippen molar-refractivity contribution in [1.29, 1.82) is 0 Å². The highest BCUT2D eigenvalue weighted by Crippen LogP contribution is 2.35. The predicted molar refractivity (Wildman–Crippen MR) is 207 cm³/mol. The van der Waals surface area contributed by atoms with Gasteiger partial charge in [-0.05, 0) is 62.9 Å². The van der Waals surface area contributed by atoms with Gasteiger partial charge in [0.15, 0.2) is 5.82 Å². The average molecular weight is 638 g/mol. The van der Waals surface area contributed by atoms with E-state index in [4.69, 9.17) is 9.97 Å². The Morgan fingerprint density at radius 3 is 1.62 bits per heavy atom. The SMILES string of the molecule is c1ccc(-c2cc(-c3ccc(-c4ccc5cccc(-c6ccc(-c7cnc8ccccc8c7)cc6)c5c4)cc3)nc(-c3ccccc3)n2)cc1. The van der Waals surface area contributed by atoms with Crippen LogP contribution in [0.1, 0.15) is 0 Å². The fourth-order valence-corrected chi connectivity index (χ4v) is 6.68. The summed E-state index contributed by atoms with van der Waals surface area (Å²) >= 11 is 0. The third-order valence-corrected chi connectivity index (χ3v) is 9.34. The molecule has 0 saturated carbocycles. The molecule has 3 heteroatoms. The van der Waals surface area contributed by atoms with Crippen LogP contribution in [0.2, 0.25) is 0 Å². The molecule has 0 saturated heterocycles. The summed E-state index contributed by atoms with van der Waals surface area (Å²) in [4.78, 5) is 14.6. The van der Waals surface area contributed by atoms with Gasteiger partial charge in [-0.3, -0.25) is 4.98 Å². The van der Waals surface area contributed by atoms with E-state index in [2.05, 4.69) is 138 Å². The van der Waals surface area contributed by atoms with Gasteiger partial charge in [-0.1, -0.05) is 158 Å². The largest absolute Gasteiger partial charge is 0.256 e. The van der Waals surface area contributed by atoms with Crippen molar-refractivity contribution in [2.45, 2.75) is 0 Å². The van der Waals surface area contributed by atoms with Crippen molar-refractivity contribution in [2.75, 3.05) is 0 Å². The molecule has 0 amide bonds. The summed E-state index contributed by atoms with van der Waals surface area (Å²) in [6.07, 6.45) is 1.96. The molecule has 9 rings (SSSR count). The van der Waals surface area contributed by atoms with Crippen LogP contribution in [0.25, 0.3) is 89.0 Å². The van der Waals surface area contributed by atoms with E-state index >= 15 is 0 Å². The zero-order valence-electron chi connectivity index (χ0n) is 27.2. The Balaban J connectivity index is 1.04. The third kappa shape index (κ3) is 5.72. The van der Waals surface area contributed by atoms with E-state index in [1.54, 1.807) is 0 Å². The quantitative estimate of drug-likeness (QED) is 0.182. The van der Waals surface area contributed by atoms with Crippen molar-refractivity contribution in [3.63, 3.8) is 0 Å². The van der Waals surface area contributed by atoms with Crippen LogP contribution in [0.3, 0.4) is 0 Å². The Morgan fingerprint density at radius 1 is 0.320 bits per heavy atom. The van der Waals surface area contributed by atoms with Crippen LogP contribution in [0.15, 0.2) is 188 Å². The minimum absolute atomic E-state index is 0.718. The molecule has 0 atom stereocenters. The molecule has 9 aromatic rings. The molecule has 7 aromatic carbocycles. The van der Waals surface area contributed by atoms with Crippen molar-refractivity contribution in [3.05, 3.63) is 188 Å². The van der Waals surface area contributed by atoms with Crippen LogP contribution in [0.5, 0.6) is 0 Å². The van der Waals surface area contributed by atoms with Crippen LogP contribution < -0.4 is 0 Å². The van der Waals surface area contributed by atoms with Gasteiger partial charge in [-0.2, -0.15) is 0 Å². The lowest BCUT2D eigenvalue weighted by molar-refractivity contribution is 1.18. The Morgan fingerprint density at radius 2 is 0.880 bits per heavy atom. The summed E-state index contributed by atoms with van der Waals surface area (Å²) in [6.45, 7) is 0. The number of pyridine rings is 1. The molecule has 0 spiro atoms. The predicted octanol–water partition coefficient (Wildman–Crippen LogP) is 12.2. The molecule has 0 aliphatic carbocycles.